The van der Waals surface area contributed by atoms with E-state index in [0.29, 0.717) is 5.02 Å². The summed E-state index contributed by atoms with van der Waals surface area (Å²) in [5, 5.41) is 0.466. The zero-order valence-corrected chi connectivity index (χ0v) is 15.9. The van der Waals surface area contributed by atoms with Crippen molar-refractivity contribution in [1.29, 1.82) is 0 Å². The molecule has 0 spiro atoms. The van der Waals surface area contributed by atoms with Crippen molar-refractivity contribution in [2.24, 2.45) is 0 Å². The molecule has 0 aliphatic carbocycles. The van der Waals surface area contributed by atoms with Crippen LogP contribution in [0.2, 0.25) is 10.0 Å². The van der Waals surface area contributed by atoms with Crippen molar-refractivity contribution in [1.82, 2.24) is 9.62 Å². The van der Waals surface area contributed by atoms with E-state index in [4.69, 9.17) is 27.6 Å². The number of halogens is 2. The molecule has 8 heteroatoms. The molecule has 3 rings (SSSR count). The number of hydrogen-bond acceptors (Lipinski definition) is 4. The van der Waals surface area contributed by atoms with Crippen LogP contribution >= 0.6 is 23.2 Å². The van der Waals surface area contributed by atoms with Gasteiger partial charge in [0.25, 0.3) is 0 Å². The van der Waals surface area contributed by atoms with Crippen LogP contribution in [0.5, 0.6) is 0 Å². The molecule has 2 heterocycles. The van der Waals surface area contributed by atoms with Crippen molar-refractivity contribution in [3.63, 3.8) is 0 Å². The number of benzene rings is 1. The van der Waals surface area contributed by atoms with Crippen molar-refractivity contribution < 1.29 is 12.8 Å². The van der Waals surface area contributed by atoms with Gasteiger partial charge in [0, 0.05) is 11.6 Å². The van der Waals surface area contributed by atoms with E-state index in [-0.39, 0.29) is 22.5 Å². The van der Waals surface area contributed by atoms with E-state index in [0.717, 1.165) is 31.7 Å². The lowest BCUT2D eigenvalue weighted by molar-refractivity contribution is 0.147. The minimum absolute atomic E-state index is 0.0153. The van der Waals surface area contributed by atoms with Crippen molar-refractivity contribution in [3.8, 4) is 0 Å². The molecule has 1 aliphatic heterocycles. The minimum Gasteiger partial charge on any atom is -0.468 e. The van der Waals surface area contributed by atoms with E-state index < -0.39 is 10.0 Å². The minimum atomic E-state index is -3.77. The fraction of sp³-hybridized carbons (Fsp3) is 0.412. The van der Waals surface area contributed by atoms with Crippen molar-refractivity contribution in [2.75, 3.05) is 19.6 Å². The van der Waals surface area contributed by atoms with Crippen molar-refractivity contribution in [2.45, 2.75) is 30.2 Å². The van der Waals surface area contributed by atoms with Gasteiger partial charge in [0.05, 0.1) is 17.3 Å². The smallest absolute Gasteiger partial charge is 0.242 e. The van der Waals surface area contributed by atoms with Gasteiger partial charge in [0.2, 0.25) is 10.0 Å². The van der Waals surface area contributed by atoms with Crippen LogP contribution in [0.15, 0.2) is 45.9 Å². The van der Waals surface area contributed by atoms with Gasteiger partial charge in [-0.1, -0.05) is 29.6 Å². The lowest BCUT2D eigenvalue weighted by Crippen LogP contribution is -2.40. The summed E-state index contributed by atoms with van der Waals surface area (Å²) in [6, 6.07) is 7.93. The van der Waals surface area contributed by atoms with E-state index in [1.165, 1.54) is 18.6 Å². The average Bonchev–Trinajstić information content (AvgIpc) is 3.12. The first-order valence-electron chi connectivity index (χ1n) is 8.19. The summed E-state index contributed by atoms with van der Waals surface area (Å²) in [7, 11) is -3.77. The number of rotatable bonds is 6. The van der Waals surface area contributed by atoms with Gasteiger partial charge in [0.15, 0.2) is 0 Å². The lowest BCUT2D eigenvalue weighted by Gasteiger charge is -2.33. The Morgan fingerprint density at radius 1 is 1.16 bits per heavy atom. The maximum Gasteiger partial charge on any atom is 0.242 e. The van der Waals surface area contributed by atoms with Crippen LogP contribution in [-0.4, -0.2) is 33.0 Å². The molecule has 5 nitrogen and oxygen atoms in total. The second kappa shape index (κ2) is 8.10. The Labute approximate surface area is 158 Å². The number of hydrogen-bond donors (Lipinski definition) is 1. The fourth-order valence-corrected chi connectivity index (χ4v) is 4.87. The number of furan rings is 1. The maximum absolute atomic E-state index is 12.7. The highest BCUT2D eigenvalue weighted by Gasteiger charge is 2.27. The summed E-state index contributed by atoms with van der Waals surface area (Å²) in [5.41, 5.74) is 0. The second-order valence-electron chi connectivity index (χ2n) is 6.05. The second-order valence-corrected chi connectivity index (χ2v) is 8.63. The third-order valence-corrected chi connectivity index (χ3v) is 6.49. The largest absolute Gasteiger partial charge is 0.468 e. The number of nitrogens with zero attached hydrogens (tertiary/aromatic N) is 1. The molecule has 1 aliphatic rings. The molecule has 1 aromatic heterocycles. The van der Waals surface area contributed by atoms with Crippen LogP contribution in [0.1, 0.15) is 31.1 Å². The third kappa shape index (κ3) is 4.57. The average molecular weight is 403 g/mol. The fourth-order valence-electron chi connectivity index (χ4n) is 3.07. The van der Waals surface area contributed by atoms with Crippen LogP contribution in [0, 0.1) is 0 Å². The highest BCUT2D eigenvalue weighted by molar-refractivity contribution is 7.89. The molecule has 25 heavy (non-hydrogen) atoms. The number of nitrogens with one attached hydrogen (secondary N) is 1. The Morgan fingerprint density at radius 3 is 2.60 bits per heavy atom. The molecule has 1 fully saturated rings. The number of sulfonamides is 1. The van der Waals surface area contributed by atoms with Gasteiger partial charge >= 0.3 is 0 Å². The van der Waals surface area contributed by atoms with Gasteiger partial charge in [-0.05, 0) is 56.3 Å². The Morgan fingerprint density at radius 2 is 1.92 bits per heavy atom. The van der Waals surface area contributed by atoms with E-state index in [9.17, 15) is 8.42 Å². The molecule has 0 saturated carbocycles. The molecule has 0 bridgehead atoms. The molecule has 1 unspecified atom stereocenters. The van der Waals surface area contributed by atoms with Gasteiger partial charge < -0.3 is 4.42 Å². The van der Waals surface area contributed by atoms with Gasteiger partial charge in [-0.3, -0.25) is 4.90 Å². The predicted molar refractivity (Wildman–Crippen MR) is 98.5 cm³/mol. The highest BCUT2D eigenvalue weighted by Crippen LogP contribution is 2.27. The van der Waals surface area contributed by atoms with Crippen molar-refractivity contribution in [3.05, 3.63) is 52.4 Å². The zero-order chi connectivity index (χ0) is 17.9. The van der Waals surface area contributed by atoms with Crippen LogP contribution in [0.3, 0.4) is 0 Å². The lowest BCUT2D eigenvalue weighted by atomic mass is 10.1. The topological polar surface area (TPSA) is 62.6 Å². The van der Waals surface area contributed by atoms with E-state index in [1.807, 2.05) is 12.1 Å². The third-order valence-electron chi connectivity index (χ3n) is 4.35. The normalized spacial score (nSPS) is 17.5. The monoisotopic (exact) mass is 402 g/mol. The summed E-state index contributed by atoms with van der Waals surface area (Å²) in [6.07, 6.45) is 5.01. The Hall–Kier alpha value is -1.05. The van der Waals surface area contributed by atoms with Crippen LogP contribution in [-0.2, 0) is 10.0 Å². The molecule has 1 saturated heterocycles. The van der Waals surface area contributed by atoms with Crippen LogP contribution in [0.25, 0.3) is 0 Å². The molecular formula is C17H20Cl2N2O3S. The van der Waals surface area contributed by atoms with Crippen molar-refractivity contribution >= 4 is 33.2 Å². The maximum atomic E-state index is 12.7. The summed E-state index contributed by atoms with van der Waals surface area (Å²) in [5.74, 6) is 0.752. The molecule has 1 N–H and O–H groups in total. The predicted octanol–water partition coefficient (Wildman–Crippen LogP) is 4.09. The Kier molecular flexibility index (Phi) is 6.07. The Balaban J connectivity index is 1.79. The number of piperidine rings is 1. The van der Waals surface area contributed by atoms with Crippen LogP contribution < -0.4 is 4.72 Å². The first-order valence-corrected chi connectivity index (χ1v) is 10.4. The van der Waals surface area contributed by atoms with Gasteiger partial charge in [-0.15, -0.1) is 0 Å². The zero-order valence-electron chi connectivity index (χ0n) is 13.6. The van der Waals surface area contributed by atoms with E-state index >= 15 is 0 Å². The molecule has 136 valence electrons. The standard InChI is InChI=1S/C17H20Cl2N2O3S/c18-13-6-7-14(19)17(11-13)25(22,23)20-12-15(16-5-4-10-24-16)21-8-2-1-3-9-21/h4-7,10-11,15,20H,1-3,8-9,12H2. The first-order chi connectivity index (χ1) is 12.0. The van der Waals surface area contributed by atoms with Gasteiger partial charge in [0.1, 0.15) is 10.7 Å². The summed E-state index contributed by atoms with van der Waals surface area (Å²) in [4.78, 5) is 2.24. The SMILES string of the molecule is O=S(=O)(NCC(c1ccco1)N1CCCCC1)c1cc(Cl)ccc1Cl. The molecule has 2 aromatic rings. The molecular weight excluding hydrogens is 383 g/mol. The highest BCUT2D eigenvalue weighted by atomic mass is 35.5. The first kappa shape index (κ1) is 18.7. The quantitative estimate of drug-likeness (QED) is 0.789. The molecule has 1 atom stereocenters. The Bertz CT molecular complexity index is 803. The number of likely N-dealkylation sites (tertiary alicyclic amines) is 1. The summed E-state index contributed by atoms with van der Waals surface area (Å²) < 4.78 is 33.5. The molecule has 0 radical (unpaired) electrons. The van der Waals surface area contributed by atoms with Crippen LogP contribution in [0.4, 0.5) is 0 Å². The van der Waals surface area contributed by atoms with Gasteiger partial charge in [-0.2, -0.15) is 0 Å². The molecule has 0 amide bonds. The van der Waals surface area contributed by atoms with E-state index in [1.54, 1.807) is 12.3 Å². The molecule has 1 aromatic carbocycles. The summed E-state index contributed by atoms with van der Waals surface area (Å²) in [6.45, 7) is 2.05. The van der Waals surface area contributed by atoms with Gasteiger partial charge in [-0.25, -0.2) is 13.1 Å². The summed E-state index contributed by atoms with van der Waals surface area (Å²) >= 11 is 12.0. The van der Waals surface area contributed by atoms with E-state index in [2.05, 4.69) is 9.62 Å².